The minimum absolute atomic E-state index is 1.03. The van der Waals surface area contributed by atoms with Crippen molar-refractivity contribution in [2.75, 3.05) is 0 Å². The Hall–Kier alpha value is -2.41. The Balaban J connectivity index is 1.92. The molecule has 0 atom stereocenters. The highest BCUT2D eigenvalue weighted by molar-refractivity contribution is 5.69. The summed E-state index contributed by atoms with van der Waals surface area (Å²) < 4.78 is 0. The zero-order chi connectivity index (χ0) is 14.7. The molecule has 1 heteroatoms. The van der Waals surface area contributed by atoms with Crippen molar-refractivity contribution in [1.29, 1.82) is 0 Å². The van der Waals surface area contributed by atoms with Crippen molar-refractivity contribution < 1.29 is 0 Å². The fourth-order valence-corrected chi connectivity index (χ4v) is 2.58. The Morgan fingerprint density at radius 2 is 1.43 bits per heavy atom. The first kappa shape index (κ1) is 13.6. The SMILES string of the molecule is CCc1cnc(-c2ccc(-c3ccccc3)cc2)cc1C. The standard InChI is InChI=1S/C20H19N/c1-3-16-14-21-20(13-15(16)2)19-11-9-18(10-12-19)17-7-5-4-6-8-17/h4-14H,3H2,1-2H3. The number of rotatable bonds is 3. The predicted molar refractivity (Wildman–Crippen MR) is 89.2 cm³/mol. The van der Waals surface area contributed by atoms with Gasteiger partial charge in [0.2, 0.25) is 0 Å². The van der Waals surface area contributed by atoms with Crippen LogP contribution >= 0.6 is 0 Å². The first-order valence-corrected chi connectivity index (χ1v) is 7.39. The average Bonchev–Trinajstić information content (AvgIpc) is 2.56. The molecule has 0 bridgehead atoms. The van der Waals surface area contributed by atoms with E-state index < -0.39 is 0 Å². The van der Waals surface area contributed by atoms with Crippen molar-refractivity contribution in [3.05, 3.63) is 78.0 Å². The van der Waals surface area contributed by atoms with E-state index in [0.717, 1.165) is 12.1 Å². The zero-order valence-electron chi connectivity index (χ0n) is 12.5. The third kappa shape index (κ3) is 2.87. The molecule has 1 aromatic heterocycles. The summed E-state index contributed by atoms with van der Waals surface area (Å²) in [5, 5.41) is 0. The maximum absolute atomic E-state index is 4.58. The topological polar surface area (TPSA) is 12.9 Å². The van der Waals surface area contributed by atoms with Gasteiger partial charge in [-0.3, -0.25) is 4.98 Å². The van der Waals surface area contributed by atoms with Crippen LogP contribution in [0.1, 0.15) is 18.1 Å². The summed E-state index contributed by atoms with van der Waals surface area (Å²) in [4.78, 5) is 4.58. The lowest BCUT2D eigenvalue weighted by Crippen LogP contribution is -1.91. The van der Waals surface area contributed by atoms with Gasteiger partial charge in [-0.2, -0.15) is 0 Å². The van der Waals surface area contributed by atoms with E-state index in [1.54, 1.807) is 0 Å². The number of hydrogen-bond acceptors (Lipinski definition) is 1. The van der Waals surface area contributed by atoms with Gasteiger partial charge < -0.3 is 0 Å². The Labute approximate surface area is 126 Å². The normalized spacial score (nSPS) is 10.6. The van der Waals surface area contributed by atoms with Crippen LogP contribution in [0, 0.1) is 6.92 Å². The van der Waals surface area contributed by atoms with E-state index in [9.17, 15) is 0 Å². The third-order valence-corrected chi connectivity index (χ3v) is 3.89. The molecule has 3 aromatic rings. The molecule has 1 nitrogen and oxygen atoms in total. The molecule has 0 amide bonds. The highest BCUT2D eigenvalue weighted by Crippen LogP contribution is 2.24. The number of aromatic nitrogens is 1. The minimum Gasteiger partial charge on any atom is -0.256 e. The molecule has 0 aliphatic rings. The summed E-state index contributed by atoms with van der Waals surface area (Å²) in [6.07, 6.45) is 3.03. The maximum Gasteiger partial charge on any atom is 0.0704 e. The molecule has 0 spiro atoms. The molecule has 1 heterocycles. The Bertz CT molecular complexity index is 728. The number of benzene rings is 2. The molecule has 104 valence electrons. The van der Waals surface area contributed by atoms with Crippen LogP contribution in [0.5, 0.6) is 0 Å². The largest absolute Gasteiger partial charge is 0.256 e. The first-order valence-electron chi connectivity index (χ1n) is 7.39. The average molecular weight is 273 g/mol. The van der Waals surface area contributed by atoms with Crippen molar-refractivity contribution in [3.8, 4) is 22.4 Å². The van der Waals surface area contributed by atoms with Crippen molar-refractivity contribution in [1.82, 2.24) is 4.98 Å². The molecule has 0 aliphatic carbocycles. The number of pyridine rings is 1. The molecular weight excluding hydrogens is 254 g/mol. The van der Waals surface area contributed by atoms with E-state index in [1.165, 1.54) is 27.8 Å². The fraction of sp³-hybridized carbons (Fsp3) is 0.150. The maximum atomic E-state index is 4.58. The smallest absolute Gasteiger partial charge is 0.0704 e. The van der Waals surface area contributed by atoms with Crippen LogP contribution in [-0.4, -0.2) is 4.98 Å². The van der Waals surface area contributed by atoms with Gasteiger partial charge in [0, 0.05) is 11.8 Å². The molecular formula is C20H19N. The number of nitrogens with zero attached hydrogens (tertiary/aromatic N) is 1. The van der Waals surface area contributed by atoms with E-state index in [-0.39, 0.29) is 0 Å². The second-order valence-electron chi connectivity index (χ2n) is 5.29. The summed E-state index contributed by atoms with van der Waals surface area (Å²) in [6.45, 7) is 4.32. The second-order valence-corrected chi connectivity index (χ2v) is 5.29. The van der Waals surface area contributed by atoms with E-state index in [4.69, 9.17) is 0 Å². The molecule has 0 saturated carbocycles. The highest BCUT2D eigenvalue weighted by Gasteiger charge is 2.03. The fourth-order valence-electron chi connectivity index (χ4n) is 2.58. The lowest BCUT2D eigenvalue weighted by atomic mass is 10.0. The Morgan fingerprint density at radius 1 is 0.810 bits per heavy atom. The molecule has 0 radical (unpaired) electrons. The predicted octanol–water partition coefficient (Wildman–Crippen LogP) is 5.29. The van der Waals surface area contributed by atoms with Crippen molar-refractivity contribution in [2.24, 2.45) is 0 Å². The summed E-state index contributed by atoms with van der Waals surface area (Å²) >= 11 is 0. The quantitative estimate of drug-likeness (QED) is 0.632. The van der Waals surface area contributed by atoms with Crippen molar-refractivity contribution >= 4 is 0 Å². The third-order valence-electron chi connectivity index (χ3n) is 3.89. The minimum atomic E-state index is 1.03. The molecule has 2 aromatic carbocycles. The van der Waals surface area contributed by atoms with Gasteiger partial charge >= 0.3 is 0 Å². The van der Waals surface area contributed by atoms with Crippen LogP contribution in [0.4, 0.5) is 0 Å². The molecule has 3 rings (SSSR count). The summed E-state index contributed by atoms with van der Waals surface area (Å²) in [6, 6.07) is 21.2. The molecule has 0 N–H and O–H groups in total. The second kappa shape index (κ2) is 5.92. The van der Waals surface area contributed by atoms with Crippen molar-refractivity contribution in [2.45, 2.75) is 20.3 Å². The van der Waals surface area contributed by atoms with Crippen LogP contribution in [0.2, 0.25) is 0 Å². The van der Waals surface area contributed by atoms with E-state index >= 15 is 0 Å². The van der Waals surface area contributed by atoms with Gasteiger partial charge in [0.05, 0.1) is 5.69 Å². The van der Waals surface area contributed by atoms with Gasteiger partial charge in [-0.15, -0.1) is 0 Å². The van der Waals surface area contributed by atoms with Gasteiger partial charge in [-0.1, -0.05) is 61.5 Å². The summed E-state index contributed by atoms with van der Waals surface area (Å²) in [7, 11) is 0. The lowest BCUT2D eigenvalue weighted by Gasteiger charge is -2.07. The van der Waals surface area contributed by atoms with Crippen LogP contribution in [0.3, 0.4) is 0 Å². The van der Waals surface area contributed by atoms with Crippen LogP contribution < -0.4 is 0 Å². The lowest BCUT2D eigenvalue weighted by molar-refractivity contribution is 1.07. The van der Waals surface area contributed by atoms with E-state index in [2.05, 4.69) is 73.4 Å². The van der Waals surface area contributed by atoms with Gasteiger partial charge in [0.1, 0.15) is 0 Å². The Kier molecular flexibility index (Phi) is 3.83. The molecule has 0 aliphatic heterocycles. The monoisotopic (exact) mass is 273 g/mol. The van der Waals surface area contributed by atoms with Gasteiger partial charge in [0.15, 0.2) is 0 Å². The summed E-state index contributed by atoms with van der Waals surface area (Å²) in [5.74, 6) is 0. The first-order chi connectivity index (χ1) is 10.3. The molecule has 0 fully saturated rings. The van der Waals surface area contributed by atoms with Gasteiger partial charge in [-0.25, -0.2) is 0 Å². The number of aryl methyl sites for hydroxylation is 2. The Morgan fingerprint density at radius 3 is 2.05 bits per heavy atom. The van der Waals surface area contributed by atoms with Crippen LogP contribution in [-0.2, 0) is 6.42 Å². The van der Waals surface area contributed by atoms with E-state index in [0.29, 0.717) is 0 Å². The zero-order valence-corrected chi connectivity index (χ0v) is 12.5. The molecule has 21 heavy (non-hydrogen) atoms. The van der Waals surface area contributed by atoms with Crippen LogP contribution in [0.15, 0.2) is 66.9 Å². The highest BCUT2D eigenvalue weighted by atomic mass is 14.7. The molecule has 0 saturated heterocycles. The van der Waals surface area contributed by atoms with Gasteiger partial charge in [0.25, 0.3) is 0 Å². The van der Waals surface area contributed by atoms with E-state index in [1.807, 2.05) is 12.3 Å². The summed E-state index contributed by atoms with van der Waals surface area (Å²) in [5.41, 5.74) is 7.33. The number of hydrogen-bond donors (Lipinski definition) is 0. The van der Waals surface area contributed by atoms with Gasteiger partial charge in [-0.05, 0) is 41.7 Å². The molecule has 0 unspecified atom stereocenters. The van der Waals surface area contributed by atoms with Crippen LogP contribution in [0.25, 0.3) is 22.4 Å². The van der Waals surface area contributed by atoms with Crippen molar-refractivity contribution in [3.63, 3.8) is 0 Å².